The van der Waals surface area contributed by atoms with E-state index in [4.69, 9.17) is 11.6 Å². The maximum Gasteiger partial charge on any atom is 0.310 e. The number of fused-ring (bicyclic) bond motifs is 2. The summed E-state index contributed by atoms with van der Waals surface area (Å²) in [5, 5.41) is 6.79. The first-order valence-electron chi connectivity index (χ1n) is 9.74. The highest BCUT2D eigenvalue weighted by atomic mass is 35.5. The second-order valence-corrected chi connectivity index (χ2v) is 7.49. The van der Waals surface area contributed by atoms with Crippen LogP contribution in [0.2, 0.25) is 5.02 Å². The van der Waals surface area contributed by atoms with Crippen molar-refractivity contribution >= 4 is 45.9 Å². The van der Waals surface area contributed by atoms with Crippen molar-refractivity contribution in [1.82, 2.24) is 15.6 Å². The van der Waals surface area contributed by atoms with Gasteiger partial charge in [-0.3, -0.25) is 14.4 Å². The number of carbonyl (C=O) groups is 3. The van der Waals surface area contributed by atoms with Crippen LogP contribution in [0.4, 0.5) is 5.69 Å². The number of aromatic amines is 1. The number of nitrogens with zero attached hydrogens (tertiary/aromatic N) is 1. The molecule has 3 amide bonds. The van der Waals surface area contributed by atoms with Crippen LogP contribution in [-0.2, 0) is 20.8 Å². The lowest BCUT2D eigenvalue weighted by atomic mass is 10.1. The number of amides is 3. The number of benzene rings is 2. The van der Waals surface area contributed by atoms with E-state index >= 15 is 0 Å². The molecule has 1 aliphatic heterocycles. The summed E-state index contributed by atoms with van der Waals surface area (Å²) in [5.74, 6) is -1.84. The number of H-pyrrole nitrogens is 1. The number of hydrogen-bond donors (Lipinski definition) is 3. The molecule has 0 spiro atoms. The molecule has 8 heteroatoms. The lowest BCUT2D eigenvalue weighted by Gasteiger charge is -2.15. The van der Waals surface area contributed by atoms with Crippen molar-refractivity contribution in [3.8, 4) is 0 Å². The molecular formula is C22H21ClN4O3. The van der Waals surface area contributed by atoms with Crippen molar-refractivity contribution in [2.24, 2.45) is 0 Å². The fourth-order valence-corrected chi connectivity index (χ4v) is 3.97. The van der Waals surface area contributed by atoms with Crippen LogP contribution in [0.1, 0.15) is 24.1 Å². The van der Waals surface area contributed by atoms with Crippen molar-refractivity contribution in [3.05, 3.63) is 64.8 Å². The first kappa shape index (κ1) is 20.0. The Balaban J connectivity index is 1.37. The normalized spacial score (nSPS) is 15.3. The van der Waals surface area contributed by atoms with Gasteiger partial charge in [-0.2, -0.15) is 0 Å². The Bertz CT molecular complexity index is 1140. The summed E-state index contributed by atoms with van der Waals surface area (Å²) in [6, 6.07) is 12.0. The summed E-state index contributed by atoms with van der Waals surface area (Å²) in [6.07, 6.45) is 2.40. The van der Waals surface area contributed by atoms with Crippen LogP contribution in [0.3, 0.4) is 0 Å². The zero-order valence-electron chi connectivity index (χ0n) is 16.4. The van der Waals surface area contributed by atoms with Gasteiger partial charge in [0.05, 0.1) is 0 Å². The molecule has 0 saturated carbocycles. The molecule has 3 N–H and O–H groups in total. The Morgan fingerprint density at radius 2 is 1.97 bits per heavy atom. The van der Waals surface area contributed by atoms with E-state index in [1.807, 2.05) is 37.4 Å². The molecular weight excluding hydrogens is 404 g/mol. The molecule has 0 unspecified atom stereocenters. The van der Waals surface area contributed by atoms with E-state index in [1.54, 1.807) is 23.1 Å². The second-order valence-electron chi connectivity index (χ2n) is 7.06. The largest absolute Gasteiger partial charge is 0.361 e. The van der Waals surface area contributed by atoms with E-state index in [9.17, 15) is 14.4 Å². The standard InChI is InChI=1S/C22H21ClN4O3/c1-2-27-18-6-4-3-5-15(18)19(22(27)30)26-21(29)20(28)24-10-9-13-12-25-17-8-7-14(23)11-16(13)17/h3-8,11-12,19,25H,2,9-10H2,1H3,(H,24,28)(H,26,29)/t19-/m0/s1. The molecule has 0 bridgehead atoms. The topological polar surface area (TPSA) is 94.3 Å². The van der Waals surface area contributed by atoms with Crippen molar-refractivity contribution in [1.29, 1.82) is 0 Å². The molecule has 7 nitrogen and oxygen atoms in total. The van der Waals surface area contributed by atoms with E-state index in [1.165, 1.54) is 0 Å². The third-order valence-corrected chi connectivity index (χ3v) is 5.49. The third-order valence-electron chi connectivity index (χ3n) is 5.26. The first-order valence-corrected chi connectivity index (χ1v) is 10.1. The summed E-state index contributed by atoms with van der Waals surface area (Å²) in [4.78, 5) is 42.0. The van der Waals surface area contributed by atoms with Gasteiger partial charge in [0.25, 0.3) is 5.91 Å². The van der Waals surface area contributed by atoms with Gasteiger partial charge in [-0.05, 0) is 43.2 Å². The molecule has 1 aromatic heterocycles. The minimum Gasteiger partial charge on any atom is -0.361 e. The van der Waals surface area contributed by atoms with Gasteiger partial charge in [0.1, 0.15) is 6.04 Å². The Hall–Kier alpha value is -3.32. The quantitative estimate of drug-likeness (QED) is 0.549. The van der Waals surface area contributed by atoms with Gasteiger partial charge in [-0.1, -0.05) is 29.8 Å². The molecule has 1 atom stereocenters. The number of hydrogen-bond acceptors (Lipinski definition) is 3. The lowest BCUT2D eigenvalue weighted by molar-refractivity contribution is -0.140. The smallest absolute Gasteiger partial charge is 0.310 e. The van der Waals surface area contributed by atoms with Crippen molar-refractivity contribution < 1.29 is 14.4 Å². The van der Waals surface area contributed by atoms with Crippen LogP contribution in [0.25, 0.3) is 10.9 Å². The highest BCUT2D eigenvalue weighted by Crippen LogP contribution is 2.35. The summed E-state index contributed by atoms with van der Waals surface area (Å²) in [7, 11) is 0. The summed E-state index contributed by atoms with van der Waals surface area (Å²) in [6.45, 7) is 2.63. The Morgan fingerprint density at radius 3 is 2.77 bits per heavy atom. The Kier molecular flexibility index (Phi) is 5.46. The number of halogens is 1. The maximum absolute atomic E-state index is 12.6. The minimum absolute atomic E-state index is 0.240. The number of para-hydroxylation sites is 1. The minimum atomic E-state index is -0.852. The third kappa shape index (κ3) is 3.64. The first-order chi connectivity index (χ1) is 14.5. The van der Waals surface area contributed by atoms with Gasteiger partial charge in [-0.15, -0.1) is 0 Å². The van der Waals surface area contributed by atoms with E-state index in [-0.39, 0.29) is 12.5 Å². The van der Waals surface area contributed by atoms with Crippen molar-refractivity contribution in [2.45, 2.75) is 19.4 Å². The van der Waals surface area contributed by atoms with E-state index < -0.39 is 17.9 Å². The Morgan fingerprint density at radius 1 is 1.17 bits per heavy atom. The molecule has 0 fully saturated rings. The fraction of sp³-hybridized carbons (Fsp3) is 0.227. The summed E-state index contributed by atoms with van der Waals surface area (Å²) < 4.78 is 0. The van der Waals surface area contributed by atoms with Crippen LogP contribution >= 0.6 is 11.6 Å². The SMILES string of the molecule is CCN1C(=O)[C@@H](NC(=O)C(=O)NCCc2c[nH]c3ccc(Cl)cc23)c2ccccc21. The molecule has 0 aliphatic carbocycles. The van der Waals surface area contributed by atoms with Crippen LogP contribution in [-0.4, -0.2) is 35.8 Å². The highest BCUT2D eigenvalue weighted by Gasteiger charge is 2.37. The molecule has 4 rings (SSSR count). The number of carbonyl (C=O) groups excluding carboxylic acids is 3. The highest BCUT2D eigenvalue weighted by molar-refractivity contribution is 6.35. The predicted octanol–water partition coefficient (Wildman–Crippen LogP) is 2.70. The molecule has 1 aliphatic rings. The average Bonchev–Trinajstić information content (AvgIpc) is 3.26. The monoisotopic (exact) mass is 424 g/mol. The van der Waals surface area contributed by atoms with Crippen LogP contribution in [0, 0.1) is 0 Å². The number of likely N-dealkylation sites (N-methyl/N-ethyl adjacent to an activating group) is 1. The second kappa shape index (κ2) is 8.20. The number of nitrogens with one attached hydrogen (secondary N) is 3. The summed E-state index contributed by atoms with van der Waals surface area (Å²) in [5.41, 5.74) is 3.40. The van der Waals surface area contributed by atoms with Crippen LogP contribution < -0.4 is 15.5 Å². The average molecular weight is 425 g/mol. The number of rotatable bonds is 5. The molecule has 30 heavy (non-hydrogen) atoms. The van der Waals surface area contributed by atoms with Gasteiger partial charge in [0.15, 0.2) is 0 Å². The zero-order chi connectivity index (χ0) is 21.3. The van der Waals surface area contributed by atoms with Gasteiger partial charge in [-0.25, -0.2) is 0 Å². The molecule has 154 valence electrons. The predicted molar refractivity (Wildman–Crippen MR) is 115 cm³/mol. The van der Waals surface area contributed by atoms with Crippen LogP contribution in [0.5, 0.6) is 0 Å². The van der Waals surface area contributed by atoms with Gasteiger partial charge < -0.3 is 20.5 Å². The molecule has 3 aromatic rings. The zero-order valence-corrected chi connectivity index (χ0v) is 17.1. The summed E-state index contributed by atoms with van der Waals surface area (Å²) >= 11 is 6.06. The maximum atomic E-state index is 12.6. The van der Waals surface area contributed by atoms with Gasteiger partial charge in [0.2, 0.25) is 0 Å². The lowest BCUT2D eigenvalue weighted by Crippen LogP contribution is -2.44. The molecule has 2 aromatic carbocycles. The van der Waals surface area contributed by atoms with Crippen LogP contribution in [0.15, 0.2) is 48.7 Å². The molecule has 0 radical (unpaired) electrons. The number of anilines is 1. The Labute approximate surface area is 178 Å². The fourth-order valence-electron chi connectivity index (χ4n) is 3.80. The van der Waals surface area contributed by atoms with E-state index in [0.717, 1.165) is 22.2 Å². The van der Waals surface area contributed by atoms with E-state index in [0.29, 0.717) is 23.6 Å². The van der Waals surface area contributed by atoms with Crippen molar-refractivity contribution in [3.63, 3.8) is 0 Å². The van der Waals surface area contributed by atoms with E-state index in [2.05, 4.69) is 15.6 Å². The molecule has 0 saturated heterocycles. The van der Waals surface area contributed by atoms with Crippen molar-refractivity contribution in [2.75, 3.05) is 18.0 Å². The molecule has 2 heterocycles. The van der Waals surface area contributed by atoms with Gasteiger partial charge >= 0.3 is 11.8 Å². The number of aromatic nitrogens is 1. The van der Waals surface area contributed by atoms with Gasteiger partial charge in [0, 0.05) is 46.5 Å².